The Morgan fingerprint density at radius 3 is 1.90 bits per heavy atom. The molecule has 0 heterocycles. The lowest BCUT2D eigenvalue weighted by Crippen LogP contribution is -2.16. The molecule has 0 aliphatic rings. The van der Waals surface area contributed by atoms with Crippen molar-refractivity contribution in [2.75, 3.05) is 25.6 Å². The predicted octanol–water partition coefficient (Wildman–Crippen LogP) is 3.97. The van der Waals surface area contributed by atoms with Gasteiger partial charge in [-0.3, -0.25) is 0 Å². The Labute approximate surface area is 129 Å². The maximum Gasteiger partial charge on any atom is 0.126 e. The summed E-state index contributed by atoms with van der Waals surface area (Å²) >= 11 is 1.66. The topological polar surface area (TPSA) is 49.7 Å². The molecule has 0 aromatic heterocycles. The highest BCUT2D eigenvalue weighted by Gasteiger charge is 2.06. The third-order valence-corrected chi connectivity index (χ3v) is 4.53. The summed E-state index contributed by atoms with van der Waals surface area (Å²) < 4.78 is 5.30. The fourth-order valence-corrected chi connectivity index (χ4v) is 3.07. The van der Waals surface area contributed by atoms with E-state index >= 15 is 0 Å². The molecule has 4 heteroatoms. The van der Waals surface area contributed by atoms with Gasteiger partial charge >= 0.3 is 0 Å². The fourth-order valence-electron chi connectivity index (χ4n) is 2.14. The van der Waals surface area contributed by atoms with E-state index in [4.69, 9.17) is 14.9 Å². The van der Waals surface area contributed by atoms with E-state index in [-0.39, 0.29) is 18.6 Å². The molecule has 0 aromatic carbocycles. The van der Waals surface area contributed by atoms with E-state index in [2.05, 4.69) is 6.92 Å². The van der Waals surface area contributed by atoms with Gasteiger partial charge in [-0.2, -0.15) is 0 Å². The first-order chi connectivity index (χ1) is 9.85. The molecule has 0 aliphatic carbocycles. The van der Waals surface area contributed by atoms with Gasteiger partial charge in [-0.25, -0.2) is 0 Å². The molecule has 0 spiro atoms. The summed E-state index contributed by atoms with van der Waals surface area (Å²) in [5.41, 5.74) is -0.166. The minimum absolute atomic E-state index is 0.0231. The highest BCUT2D eigenvalue weighted by molar-refractivity contribution is 7.99. The highest BCUT2D eigenvalue weighted by Crippen LogP contribution is 2.16. The largest absolute Gasteiger partial charge is 0.394 e. The molecule has 2 N–H and O–H groups in total. The van der Waals surface area contributed by atoms with Gasteiger partial charge in [0.1, 0.15) is 5.44 Å². The molecule has 0 amide bonds. The van der Waals surface area contributed by atoms with Crippen molar-refractivity contribution in [2.24, 2.45) is 0 Å². The van der Waals surface area contributed by atoms with Crippen LogP contribution in [0.15, 0.2) is 0 Å². The number of thioether (sulfide) groups is 1. The van der Waals surface area contributed by atoms with Crippen molar-refractivity contribution in [1.82, 2.24) is 0 Å². The SMILES string of the molecule is CCCCCCCCCCCCSC(CO)OCCO. The second-order valence-electron chi connectivity index (χ2n) is 5.26. The van der Waals surface area contributed by atoms with Crippen molar-refractivity contribution in [1.29, 1.82) is 0 Å². The van der Waals surface area contributed by atoms with E-state index in [1.165, 1.54) is 64.2 Å². The Morgan fingerprint density at radius 1 is 0.850 bits per heavy atom. The van der Waals surface area contributed by atoms with Gasteiger partial charge in [0.25, 0.3) is 0 Å². The van der Waals surface area contributed by atoms with Crippen LogP contribution in [-0.4, -0.2) is 41.2 Å². The van der Waals surface area contributed by atoms with E-state index in [1.807, 2.05) is 0 Å². The van der Waals surface area contributed by atoms with Crippen LogP contribution in [0.3, 0.4) is 0 Å². The molecule has 0 bridgehead atoms. The number of ether oxygens (including phenoxy) is 1. The molecule has 1 unspecified atom stereocenters. The molecule has 0 saturated heterocycles. The number of hydrogen-bond acceptors (Lipinski definition) is 4. The van der Waals surface area contributed by atoms with Crippen LogP contribution >= 0.6 is 11.8 Å². The first-order valence-corrected chi connectivity index (χ1v) is 9.35. The molecule has 1 atom stereocenters. The third kappa shape index (κ3) is 14.6. The quantitative estimate of drug-likeness (QED) is 0.335. The summed E-state index contributed by atoms with van der Waals surface area (Å²) in [5, 5.41) is 17.7. The van der Waals surface area contributed by atoms with Crippen LogP contribution in [0.2, 0.25) is 0 Å². The first kappa shape index (κ1) is 20.2. The molecule has 3 nitrogen and oxygen atoms in total. The summed E-state index contributed by atoms with van der Waals surface area (Å²) in [6.07, 6.45) is 13.5. The normalized spacial score (nSPS) is 12.8. The molecule has 0 rings (SSSR count). The zero-order valence-corrected chi connectivity index (χ0v) is 14.0. The Bertz CT molecular complexity index is 179. The van der Waals surface area contributed by atoms with Crippen molar-refractivity contribution in [2.45, 2.75) is 76.6 Å². The van der Waals surface area contributed by atoms with Crippen LogP contribution in [0.1, 0.15) is 71.1 Å². The van der Waals surface area contributed by atoms with Crippen LogP contribution < -0.4 is 0 Å². The molecular weight excluding hydrogens is 272 g/mol. The van der Waals surface area contributed by atoms with Gasteiger partial charge in [-0.05, 0) is 12.2 Å². The second kappa shape index (κ2) is 17.3. The van der Waals surface area contributed by atoms with Crippen molar-refractivity contribution in [3.05, 3.63) is 0 Å². The van der Waals surface area contributed by atoms with Gasteiger partial charge in [0.05, 0.1) is 19.8 Å². The lowest BCUT2D eigenvalue weighted by molar-refractivity contribution is 0.0451. The molecule has 0 saturated carbocycles. The van der Waals surface area contributed by atoms with Crippen molar-refractivity contribution in [3.63, 3.8) is 0 Å². The fraction of sp³-hybridized carbons (Fsp3) is 1.00. The summed E-state index contributed by atoms with van der Waals surface area (Å²) in [5.74, 6) is 1.03. The number of aliphatic hydroxyl groups excluding tert-OH is 2. The molecule has 0 aromatic rings. The van der Waals surface area contributed by atoms with E-state index in [0.29, 0.717) is 6.61 Å². The van der Waals surface area contributed by atoms with Crippen LogP contribution in [0.4, 0.5) is 0 Å². The number of unbranched alkanes of at least 4 members (excludes halogenated alkanes) is 9. The van der Waals surface area contributed by atoms with Crippen molar-refractivity contribution >= 4 is 11.8 Å². The van der Waals surface area contributed by atoms with Crippen LogP contribution in [-0.2, 0) is 4.74 Å². The van der Waals surface area contributed by atoms with E-state index in [0.717, 1.165) is 5.75 Å². The summed E-state index contributed by atoms with van der Waals surface area (Å²) in [7, 11) is 0. The van der Waals surface area contributed by atoms with Gasteiger partial charge in [0, 0.05) is 0 Å². The number of rotatable bonds is 16. The molecule has 0 fully saturated rings. The molecule has 0 aliphatic heterocycles. The average Bonchev–Trinajstić information content (AvgIpc) is 2.48. The van der Waals surface area contributed by atoms with Crippen molar-refractivity contribution in [3.8, 4) is 0 Å². The first-order valence-electron chi connectivity index (χ1n) is 8.30. The maximum atomic E-state index is 9.09. The third-order valence-electron chi connectivity index (χ3n) is 3.35. The Kier molecular flexibility index (Phi) is 17.5. The van der Waals surface area contributed by atoms with Gasteiger partial charge in [0.15, 0.2) is 0 Å². The number of aliphatic hydroxyl groups is 2. The molecule has 122 valence electrons. The lowest BCUT2D eigenvalue weighted by atomic mass is 10.1. The monoisotopic (exact) mass is 306 g/mol. The predicted molar refractivity (Wildman–Crippen MR) is 88.2 cm³/mol. The standard InChI is InChI=1S/C16H34O3S/c1-2-3-4-5-6-7-8-9-10-11-14-20-16(15-18)19-13-12-17/h16-18H,2-15H2,1H3. The minimum Gasteiger partial charge on any atom is -0.394 e. The lowest BCUT2D eigenvalue weighted by Gasteiger charge is -2.13. The zero-order chi connectivity index (χ0) is 14.9. The van der Waals surface area contributed by atoms with Gasteiger partial charge in [-0.15, -0.1) is 11.8 Å². The van der Waals surface area contributed by atoms with E-state index in [1.54, 1.807) is 11.8 Å². The smallest absolute Gasteiger partial charge is 0.126 e. The van der Waals surface area contributed by atoms with Crippen LogP contribution in [0, 0.1) is 0 Å². The van der Waals surface area contributed by atoms with Crippen LogP contribution in [0.5, 0.6) is 0 Å². The number of hydrogen-bond donors (Lipinski definition) is 2. The van der Waals surface area contributed by atoms with E-state index < -0.39 is 0 Å². The summed E-state index contributed by atoms with van der Waals surface area (Å²) in [4.78, 5) is 0. The van der Waals surface area contributed by atoms with Gasteiger partial charge < -0.3 is 14.9 Å². The summed E-state index contributed by atoms with van der Waals surface area (Å²) in [6.45, 7) is 2.63. The zero-order valence-electron chi connectivity index (χ0n) is 13.2. The van der Waals surface area contributed by atoms with Gasteiger partial charge in [-0.1, -0.05) is 64.7 Å². The molecule has 20 heavy (non-hydrogen) atoms. The second-order valence-corrected chi connectivity index (χ2v) is 6.53. The molecular formula is C16H34O3S. The maximum absolute atomic E-state index is 9.09. The van der Waals surface area contributed by atoms with E-state index in [9.17, 15) is 0 Å². The molecule has 0 radical (unpaired) electrons. The highest BCUT2D eigenvalue weighted by atomic mass is 32.2. The van der Waals surface area contributed by atoms with Gasteiger partial charge in [0.2, 0.25) is 0 Å². The Balaban J connectivity index is 3.15. The Morgan fingerprint density at radius 2 is 1.40 bits per heavy atom. The average molecular weight is 307 g/mol. The van der Waals surface area contributed by atoms with Crippen molar-refractivity contribution < 1.29 is 14.9 Å². The summed E-state index contributed by atoms with van der Waals surface area (Å²) in [6, 6.07) is 0. The Hall–Kier alpha value is 0.230. The minimum atomic E-state index is -0.166. The van der Waals surface area contributed by atoms with Crippen LogP contribution in [0.25, 0.3) is 0 Å².